The predicted molar refractivity (Wildman–Crippen MR) is 71.3 cm³/mol. The van der Waals surface area contributed by atoms with Crippen molar-refractivity contribution in [3.8, 4) is 0 Å². The van der Waals surface area contributed by atoms with E-state index < -0.39 is 34.6 Å². The van der Waals surface area contributed by atoms with Crippen molar-refractivity contribution in [1.29, 1.82) is 0 Å². The number of esters is 1. The fraction of sp³-hybridized carbons (Fsp3) is 0.333. The highest BCUT2D eigenvalue weighted by Crippen LogP contribution is 2.17. The maximum absolute atomic E-state index is 12.2. The van der Waals surface area contributed by atoms with Crippen LogP contribution >= 0.6 is 0 Å². The minimum atomic E-state index is -4.19. The minimum absolute atomic E-state index is 0.209. The summed E-state index contributed by atoms with van der Waals surface area (Å²) in [5.41, 5.74) is 0.0913. The Hall–Kier alpha value is -1.97. The fourth-order valence-electron chi connectivity index (χ4n) is 1.58. The number of benzene rings is 1. The third-order valence-corrected chi connectivity index (χ3v) is 4.30. The van der Waals surface area contributed by atoms with Gasteiger partial charge in [-0.05, 0) is 24.6 Å². The average Bonchev–Trinajstić information content (AvgIpc) is 2.43. The number of carbonyl (C=O) groups is 2. The molecule has 0 aliphatic heterocycles. The third kappa shape index (κ3) is 4.00. The zero-order chi connectivity index (χ0) is 16.2. The highest BCUT2D eigenvalue weighted by molar-refractivity contribution is 7.89. The first kappa shape index (κ1) is 17.1. The second-order valence-electron chi connectivity index (χ2n) is 4.17. The molecule has 1 aromatic carbocycles. The highest BCUT2D eigenvalue weighted by atomic mass is 32.2. The summed E-state index contributed by atoms with van der Waals surface area (Å²) in [6.07, 6.45) is 0. The van der Waals surface area contributed by atoms with Gasteiger partial charge in [-0.2, -0.15) is 4.72 Å². The van der Waals surface area contributed by atoms with Crippen molar-refractivity contribution in [2.75, 3.05) is 13.7 Å². The molecule has 1 rings (SSSR count). The predicted octanol–water partition coefficient (Wildman–Crippen LogP) is -0.495. The monoisotopic (exact) mass is 317 g/mol. The molecule has 0 amide bonds. The second kappa shape index (κ2) is 6.66. The SMILES string of the molecule is COC(=O)C(CO)NS(=O)(=O)c1cc(C(=O)O)ccc1C. The summed E-state index contributed by atoms with van der Waals surface area (Å²) in [6, 6.07) is 2.11. The van der Waals surface area contributed by atoms with Crippen molar-refractivity contribution < 1.29 is 33.0 Å². The number of carboxylic acids is 1. The molecule has 0 saturated heterocycles. The second-order valence-corrected chi connectivity index (χ2v) is 5.85. The summed E-state index contributed by atoms with van der Waals surface area (Å²) in [5, 5.41) is 17.9. The number of methoxy groups -OCH3 is 1. The molecule has 1 atom stereocenters. The van der Waals surface area contributed by atoms with Crippen LogP contribution in [0.2, 0.25) is 0 Å². The standard InChI is InChI=1S/C12H15NO7S/c1-7-3-4-8(11(15)16)5-10(7)21(18,19)13-9(6-14)12(17)20-2/h3-5,9,13-14H,6H2,1-2H3,(H,15,16). The Kier molecular flexibility index (Phi) is 5.41. The van der Waals surface area contributed by atoms with Crippen LogP contribution in [0.1, 0.15) is 15.9 Å². The maximum Gasteiger partial charge on any atom is 0.335 e. The number of nitrogens with one attached hydrogen (secondary N) is 1. The van der Waals surface area contributed by atoms with Crippen LogP contribution in [-0.2, 0) is 19.6 Å². The van der Waals surface area contributed by atoms with Gasteiger partial charge in [0.15, 0.2) is 0 Å². The van der Waals surface area contributed by atoms with E-state index in [-0.39, 0.29) is 10.5 Å². The summed E-state index contributed by atoms with van der Waals surface area (Å²) in [7, 11) is -3.14. The van der Waals surface area contributed by atoms with E-state index in [4.69, 9.17) is 10.2 Å². The van der Waals surface area contributed by atoms with Gasteiger partial charge in [0, 0.05) is 0 Å². The lowest BCUT2D eigenvalue weighted by Crippen LogP contribution is -2.44. The number of ether oxygens (including phenoxy) is 1. The van der Waals surface area contributed by atoms with E-state index in [0.29, 0.717) is 5.56 Å². The van der Waals surface area contributed by atoms with Crippen molar-refractivity contribution in [1.82, 2.24) is 4.72 Å². The Morgan fingerprint density at radius 3 is 2.48 bits per heavy atom. The molecule has 0 fully saturated rings. The molecule has 1 aromatic rings. The topological polar surface area (TPSA) is 130 Å². The number of rotatable bonds is 6. The summed E-state index contributed by atoms with van der Waals surface area (Å²) in [4.78, 5) is 21.9. The Labute approximate surface area is 121 Å². The van der Waals surface area contributed by atoms with E-state index in [2.05, 4.69) is 4.74 Å². The molecule has 0 aliphatic carbocycles. The van der Waals surface area contributed by atoms with E-state index in [0.717, 1.165) is 13.2 Å². The van der Waals surface area contributed by atoms with Gasteiger partial charge in [-0.3, -0.25) is 4.79 Å². The zero-order valence-corrected chi connectivity index (χ0v) is 12.2. The molecule has 8 nitrogen and oxygen atoms in total. The Morgan fingerprint density at radius 2 is 2.00 bits per heavy atom. The molecule has 116 valence electrons. The van der Waals surface area contributed by atoms with Crippen LogP contribution in [0, 0.1) is 6.92 Å². The fourth-order valence-corrected chi connectivity index (χ4v) is 3.02. The highest BCUT2D eigenvalue weighted by Gasteiger charge is 2.27. The Bertz CT molecular complexity index is 654. The summed E-state index contributed by atoms with van der Waals surface area (Å²) >= 11 is 0. The summed E-state index contributed by atoms with van der Waals surface area (Å²) in [6.45, 7) is 0.690. The lowest BCUT2D eigenvalue weighted by molar-refractivity contribution is -0.143. The van der Waals surface area contributed by atoms with E-state index in [1.54, 1.807) is 0 Å². The molecule has 0 bridgehead atoms. The third-order valence-electron chi connectivity index (χ3n) is 2.69. The van der Waals surface area contributed by atoms with Gasteiger partial charge in [-0.15, -0.1) is 0 Å². The van der Waals surface area contributed by atoms with E-state index >= 15 is 0 Å². The van der Waals surface area contributed by atoms with Crippen LogP contribution < -0.4 is 4.72 Å². The van der Waals surface area contributed by atoms with Crippen molar-refractivity contribution in [2.24, 2.45) is 0 Å². The Balaban J connectivity index is 3.21. The van der Waals surface area contributed by atoms with Crippen molar-refractivity contribution in [3.05, 3.63) is 29.3 Å². The number of hydrogen-bond donors (Lipinski definition) is 3. The van der Waals surface area contributed by atoms with Crippen LogP contribution in [0.15, 0.2) is 23.1 Å². The zero-order valence-electron chi connectivity index (χ0n) is 11.4. The van der Waals surface area contributed by atoms with Gasteiger partial charge < -0.3 is 14.9 Å². The summed E-state index contributed by atoms with van der Waals surface area (Å²) < 4.78 is 30.7. The largest absolute Gasteiger partial charge is 0.478 e. The van der Waals surface area contributed by atoms with E-state index in [9.17, 15) is 18.0 Å². The number of aliphatic hydroxyl groups excluding tert-OH is 1. The molecule has 0 aliphatic rings. The number of carboxylic acid groups (broad SMARTS) is 1. The summed E-state index contributed by atoms with van der Waals surface area (Å²) in [5.74, 6) is -2.23. The van der Waals surface area contributed by atoms with Gasteiger partial charge in [0.25, 0.3) is 0 Å². The lowest BCUT2D eigenvalue weighted by atomic mass is 10.1. The van der Waals surface area contributed by atoms with Crippen LogP contribution in [-0.4, -0.2) is 50.3 Å². The first-order chi connectivity index (χ1) is 9.72. The number of hydrogen-bond acceptors (Lipinski definition) is 6. The molecule has 9 heteroatoms. The number of aromatic carboxylic acids is 1. The van der Waals surface area contributed by atoms with Crippen LogP contribution in [0.25, 0.3) is 0 Å². The molecule has 0 radical (unpaired) electrons. The molecule has 21 heavy (non-hydrogen) atoms. The van der Waals surface area contributed by atoms with Crippen molar-refractivity contribution >= 4 is 22.0 Å². The smallest absolute Gasteiger partial charge is 0.335 e. The number of sulfonamides is 1. The van der Waals surface area contributed by atoms with Gasteiger partial charge >= 0.3 is 11.9 Å². The molecule has 3 N–H and O–H groups in total. The van der Waals surface area contributed by atoms with Crippen molar-refractivity contribution in [2.45, 2.75) is 17.9 Å². The van der Waals surface area contributed by atoms with E-state index in [1.165, 1.54) is 19.1 Å². The molecular weight excluding hydrogens is 302 g/mol. The normalized spacial score (nSPS) is 12.7. The number of aliphatic hydroxyl groups is 1. The molecule has 0 spiro atoms. The Morgan fingerprint density at radius 1 is 1.38 bits per heavy atom. The maximum atomic E-state index is 12.2. The van der Waals surface area contributed by atoms with Gasteiger partial charge in [0.1, 0.15) is 6.04 Å². The van der Waals surface area contributed by atoms with Crippen LogP contribution in [0.4, 0.5) is 0 Å². The van der Waals surface area contributed by atoms with Crippen LogP contribution in [0.3, 0.4) is 0 Å². The molecular formula is C12H15NO7S. The van der Waals surface area contributed by atoms with Crippen molar-refractivity contribution in [3.63, 3.8) is 0 Å². The number of aryl methyl sites for hydroxylation is 1. The molecule has 0 heterocycles. The molecule has 0 saturated carbocycles. The van der Waals surface area contributed by atoms with Gasteiger partial charge in [-0.1, -0.05) is 6.07 Å². The molecule has 0 aromatic heterocycles. The van der Waals surface area contributed by atoms with Gasteiger partial charge in [-0.25, -0.2) is 13.2 Å². The quantitative estimate of drug-likeness (QED) is 0.603. The van der Waals surface area contributed by atoms with Crippen LogP contribution in [0.5, 0.6) is 0 Å². The average molecular weight is 317 g/mol. The van der Waals surface area contributed by atoms with Gasteiger partial charge in [0.05, 0.1) is 24.2 Å². The first-order valence-electron chi connectivity index (χ1n) is 5.78. The molecule has 1 unspecified atom stereocenters. The van der Waals surface area contributed by atoms with E-state index in [1.807, 2.05) is 4.72 Å². The number of carbonyl (C=O) groups excluding carboxylic acids is 1. The first-order valence-corrected chi connectivity index (χ1v) is 7.26. The minimum Gasteiger partial charge on any atom is -0.478 e. The lowest BCUT2D eigenvalue weighted by Gasteiger charge is -2.15. The van der Waals surface area contributed by atoms with Gasteiger partial charge in [0.2, 0.25) is 10.0 Å².